The number of anilines is 1. The fourth-order valence-corrected chi connectivity index (χ4v) is 3.66. The second-order valence-corrected chi connectivity index (χ2v) is 7.09. The summed E-state index contributed by atoms with van der Waals surface area (Å²) in [5.41, 5.74) is 0.864. The number of sulfonamides is 1. The number of rotatable bonds is 4. The molecule has 132 valence electrons. The number of amides is 1. The summed E-state index contributed by atoms with van der Waals surface area (Å²) in [5, 5.41) is 5.31. The zero-order valence-corrected chi connectivity index (χ0v) is 14.1. The molecular formula is C16H16FN3O4S. The van der Waals surface area contributed by atoms with Gasteiger partial charge in [0.05, 0.1) is 12.8 Å². The second kappa shape index (κ2) is 6.69. The van der Waals surface area contributed by atoms with Gasteiger partial charge in [-0.3, -0.25) is 4.79 Å². The number of carbonyl (C=O) groups is 1. The number of nitrogens with one attached hydrogen (secondary N) is 3. The number of benzene rings is 2. The first-order valence-corrected chi connectivity index (χ1v) is 8.86. The topological polar surface area (TPSA) is 96.5 Å². The zero-order valence-electron chi connectivity index (χ0n) is 13.2. The Morgan fingerprint density at radius 1 is 1.24 bits per heavy atom. The van der Waals surface area contributed by atoms with Crippen LogP contribution in [0.1, 0.15) is 5.56 Å². The van der Waals surface area contributed by atoms with Gasteiger partial charge in [-0.05, 0) is 35.9 Å². The van der Waals surface area contributed by atoms with Crippen molar-refractivity contribution < 1.29 is 22.3 Å². The summed E-state index contributed by atoms with van der Waals surface area (Å²) in [6, 6.07) is 10.3. The van der Waals surface area contributed by atoms with Gasteiger partial charge in [0.2, 0.25) is 10.0 Å². The smallest absolute Gasteiger partial charge is 0.258 e. The van der Waals surface area contributed by atoms with E-state index in [0.717, 1.165) is 23.8 Å². The first kappa shape index (κ1) is 17.2. The Morgan fingerprint density at radius 3 is 2.64 bits per heavy atom. The molecule has 1 unspecified atom stereocenters. The van der Waals surface area contributed by atoms with E-state index in [1.165, 1.54) is 0 Å². The molecule has 3 rings (SSSR count). The molecule has 25 heavy (non-hydrogen) atoms. The molecule has 0 spiro atoms. The van der Waals surface area contributed by atoms with Crippen LogP contribution in [0.2, 0.25) is 0 Å². The Morgan fingerprint density at radius 2 is 1.96 bits per heavy atom. The lowest BCUT2D eigenvalue weighted by molar-refractivity contribution is -0.122. The monoisotopic (exact) mass is 365 g/mol. The fourth-order valence-electron chi connectivity index (χ4n) is 2.41. The van der Waals surface area contributed by atoms with Crippen molar-refractivity contribution >= 4 is 21.6 Å². The third kappa shape index (κ3) is 3.72. The van der Waals surface area contributed by atoms with E-state index in [2.05, 4.69) is 15.4 Å². The van der Waals surface area contributed by atoms with Crippen molar-refractivity contribution in [2.45, 2.75) is 17.6 Å². The van der Waals surface area contributed by atoms with Crippen molar-refractivity contribution in [3.05, 3.63) is 53.8 Å². The van der Waals surface area contributed by atoms with Crippen molar-refractivity contribution in [3.8, 4) is 5.75 Å². The van der Waals surface area contributed by atoms with Gasteiger partial charge in [-0.15, -0.1) is 0 Å². The van der Waals surface area contributed by atoms with Gasteiger partial charge in [-0.2, -0.15) is 4.72 Å². The largest absolute Gasteiger partial charge is 0.497 e. The summed E-state index contributed by atoms with van der Waals surface area (Å²) in [6.07, 6.45) is -1.22. The highest BCUT2D eigenvalue weighted by Gasteiger charge is 2.33. The van der Waals surface area contributed by atoms with Gasteiger partial charge in [0, 0.05) is 6.54 Å². The number of hydrogen-bond acceptors (Lipinski definition) is 5. The summed E-state index contributed by atoms with van der Waals surface area (Å²) in [7, 11) is -2.35. The van der Waals surface area contributed by atoms with Crippen LogP contribution < -0.4 is 20.1 Å². The Bertz CT molecular complexity index is 900. The molecule has 0 aromatic heterocycles. The lowest BCUT2D eigenvalue weighted by Crippen LogP contribution is -2.53. The minimum absolute atomic E-state index is 0.0448. The highest BCUT2D eigenvalue weighted by molar-refractivity contribution is 7.89. The first-order chi connectivity index (χ1) is 11.9. The summed E-state index contributed by atoms with van der Waals surface area (Å²) in [4.78, 5) is 12.2. The average molecular weight is 365 g/mol. The zero-order chi connectivity index (χ0) is 18.0. The van der Waals surface area contributed by atoms with Crippen molar-refractivity contribution in [2.24, 2.45) is 0 Å². The lowest BCUT2D eigenvalue weighted by atomic mass is 10.2. The van der Waals surface area contributed by atoms with Crippen LogP contribution in [-0.2, 0) is 21.4 Å². The van der Waals surface area contributed by atoms with E-state index in [1.54, 1.807) is 31.4 Å². The Hall–Kier alpha value is -2.65. The number of halogens is 1. The molecule has 1 amide bonds. The van der Waals surface area contributed by atoms with Gasteiger partial charge >= 0.3 is 0 Å². The van der Waals surface area contributed by atoms with E-state index in [-0.39, 0.29) is 17.1 Å². The predicted molar refractivity (Wildman–Crippen MR) is 89.0 cm³/mol. The molecule has 0 aliphatic carbocycles. The molecule has 7 nitrogen and oxygen atoms in total. The summed E-state index contributed by atoms with van der Waals surface area (Å²) in [6.45, 7) is 0.207. The fraction of sp³-hybridized carbons (Fsp3) is 0.188. The molecule has 9 heteroatoms. The van der Waals surface area contributed by atoms with Crippen molar-refractivity contribution in [3.63, 3.8) is 0 Å². The maximum Gasteiger partial charge on any atom is 0.258 e. The van der Waals surface area contributed by atoms with E-state index >= 15 is 0 Å². The first-order valence-electron chi connectivity index (χ1n) is 7.38. The van der Waals surface area contributed by atoms with Crippen LogP contribution >= 0.6 is 0 Å². The molecule has 0 radical (unpaired) electrons. The average Bonchev–Trinajstić information content (AvgIpc) is 2.59. The van der Waals surface area contributed by atoms with Crippen LogP contribution in [0.3, 0.4) is 0 Å². The predicted octanol–water partition coefficient (Wildman–Crippen LogP) is 1.18. The number of carbonyl (C=O) groups excluding carboxylic acids is 1. The number of fused-ring (bicyclic) bond motifs is 1. The number of methoxy groups -OCH3 is 1. The molecule has 0 fully saturated rings. The van der Waals surface area contributed by atoms with Gasteiger partial charge in [-0.1, -0.05) is 12.1 Å². The summed E-state index contributed by atoms with van der Waals surface area (Å²) in [5.74, 6) is -0.481. The van der Waals surface area contributed by atoms with Gasteiger partial charge < -0.3 is 15.4 Å². The minimum atomic E-state index is -3.90. The molecule has 2 aromatic rings. The molecule has 1 aliphatic rings. The number of hydrogen-bond donors (Lipinski definition) is 3. The third-order valence-corrected chi connectivity index (χ3v) is 5.17. The SMILES string of the molecule is COc1ccc(CNC(=O)C2Nc3cc(F)ccc3S(=O)(=O)N2)cc1. The van der Waals surface area contributed by atoms with Gasteiger partial charge in [0.15, 0.2) is 6.17 Å². The standard InChI is InChI=1S/C16H16FN3O4S/c1-24-12-5-2-10(3-6-12)9-18-16(21)15-19-13-8-11(17)4-7-14(13)25(22,23)20-15/h2-8,15,19-20H,9H2,1H3,(H,18,21). The highest BCUT2D eigenvalue weighted by Crippen LogP contribution is 2.26. The Labute approximate surface area is 144 Å². The van der Waals surface area contributed by atoms with Gasteiger partial charge in [0.1, 0.15) is 16.5 Å². The molecule has 0 saturated heterocycles. The maximum atomic E-state index is 13.3. The number of ether oxygens (including phenoxy) is 1. The van der Waals surface area contributed by atoms with Crippen molar-refractivity contribution in [1.82, 2.24) is 10.0 Å². The molecule has 0 saturated carbocycles. The maximum absolute atomic E-state index is 13.3. The molecule has 1 atom stereocenters. The van der Waals surface area contributed by atoms with E-state index < -0.39 is 27.9 Å². The molecular weight excluding hydrogens is 349 g/mol. The van der Waals surface area contributed by atoms with Gasteiger partial charge in [-0.25, -0.2) is 12.8 Å². The van der Waals surface area contributed by atoms with Crippen LogP contribution in [0.4, 0.5) is 10.1 Å². The van der Waals surface area contributed by atoms with E-state index in [9.17, 15) is 17.6 Å². The lowest BCUT2D eigenvalue weighted by Gasteiger charge is -2.27. The van der Waals surface area contributed by atoms with Crippen LogP contribution in [0.5, 0.6) is 5.75 Å². The second-order valence-electron chi connectivity index (χ2n) is 5.40. The quantitative estimate of drug-likeness (QED) is 0.756. The van der Waals surface area contributed by atoms with Crippen LogP contribution in [0.15, 0.2) is 47.4 Å². The van der Waals surface area contributed by atoms with Crippen LogP contribution in [-0.4, -0.2) is 27.6 Å². The normalized spacial score (nSPS) is 17.9. The van der Waals surface area contributed by atoms with Gasteiger partial charge in [0.25, 0.3) is 5.91 Å². The van der Waals surface area contributed by atoms with Crippen LogP contribution in [0, 0.1) is 5.82 Å². The summed E-state index contributed by atoms with van der Waals surface area (Å²) >= 11 is 0. The molecule has 0 bridgehead atoms. The summed E-state index contributed by atoms with van der Waals surface area (Å²) < 4.78 is 45.0. The Balaban J connectivity index is 1.70. The molecule has 1 aliphatic heterocycles. The third-order valence-electron chi connectivity index (χ3n) is 3.69. The minimum Gasteiger partial charge on any atom is -0.497 e. The van der Waals surface area contributed by atoms with Crippen molar-refractivity contribution in [1.29, 1.82) is 0 Å². The van der Waals surface area contributed by atoms with Crippen molar-refractivity contribution in [2.75, 3.05) is 12.4 Å². The Kier molecular flexibility index (Phi) is 4.60. The van der Waals surface area contributed by atoms with E-state index in [0.29, 0.717) is 5.75 Å². The highest BCUT2D eigenvalue weighted by atomic mass is 32.2. The molecule has 1 heterocycles. The molecule has 2 aromatic carbocycles. The van der Waals surface area contributed by atoms with E-state index in [1.807, 2.05) is 0 Å². The van der Waals surface area contributed by atoms with E-state index in [4.69, 9.17) is 4.74 Å². The molecule has 3 N–H and O–H groups in total. The van der Waals surface area contributed by atoms with Crippen LogP contribution in [0.25, 0.3) is 0 Å².